The van der Waals surface area contributed by atoms with Crippen LogP contribution in [0.15, 0.2) is 41.2 Å². The molecular weight excluding hydrogens is 402 g/mol. The van der Waals surface area contributed by atoms with Crippen LogP contribution in [0.1, 0.15) is 27.2 Å². The van der Waals surface area contributed by atoms with E-state index < -0.39 is 6.04 Å². The minimum atomic E-state index is -0.441. The third kappa shape index (κ3) is 4.00. The van der Waals surface area contributed by atoms with Crippen LogP contribution in [0.2, 0.25) is 0 Å². The summed E-state index contributed by atoms with van der Waals surface area (Å²) in [6.45, 7) is 1.78. The van der Waals surface area contributed by atoms with Gasteiger partial charge in [-0.3, -0.25) is 14.6 Å². The maximum atomic E-state index is 12.8. The summed E-state index contributed by atoms with van der Waals surface area (Å²) in [5, 5.41) is 16.5. The molecule has 9 heteroatoms. The summed E-state index contributed by atoms with van der Waals surface area (Å²) < 4.78 is 5.00. The Labute approximate surface area is 177 Å². The summed E-state index contributed by atoms with van der Waals surface area (Å²) in [4.78, 5) is 31.0. The molecule has 0 radical (unpaired) electrons. The fraction of sp³-hybridized carbons (Fsp3) is 0.286. The zero-order valence-electron chi connectivity index (χ0n) is 16.3. The number of benzene rings is 1. The number of aromatic nitrogens is 2. The monoisotopic (exact) mass is 421 g/mol. The number of thioether (sulfide) groups is 1. The molecule has 2 amide bonds. The lowest BCUT2D eigenvalue weighted by molar-refractivity contribution is -0.129. The van der Waals surface area contributed by atoms with Crippen LogP contribution < -0.4 is 5.32 Å². The van der Waals surface area contributed by atoms with Crippen LogP contribution in [0.4, 0.5) is 0 Å². The molecule has 1 N–H and O–H groups in total. The fourth-order valence-electron chi connectivity index (χ4n) is 3.32. The number of hydrogen-bond acceptors (Lipinski definition) is 7. The molecular formula is C21H19N5O3S. The van der Waals surface area contributed by atoms with Crippen molar-refractivity contribution in [1.82, 2.24) is 20.4 Å². The standard InChI is InChI=1S/C21H19N5O3S/c1-13-10-29-25-19(13)7-14-2-3-18-17(6-14)16(4-5-23-18)21(28)24-9-20(27)26-12-30-11-15(26)8-22/h2-6,10,15H,7,9,11-12H2,1H3,(H,24,28)/t15-/m1/s1. The Bertz CT molecular complexity index is 1150. The third-order valence-electron chi connectivity index (χ3n) is 5.02. The van der Waals surface area contributed by atoms with E-state index in [1.165, 1.54) is 16.7 Å². The molecule has 0 aliphatic carbocycles. The second-order valence-electron chi connectivity index (χ2n) is 7.02. The van der Waals surface area contributed by atoms with Crippen LogP contribution in [0.5, 0.6) is 0 Å². The van der Waals surface area contributed by atoms with Crippen LogP contribution in [0.25, 0.3) is 10.9 Å². The minimum Gasteiger partial charge on any atom is -0.364 e. The maximum Gasteiger partial charge on any atom is 0.252 e. The minimum absolute atomic E-state index is 0.154. The van der Waals surface area contributed by atoms with Gasteiger partial charge in [-0.2, -0.15) is 5.26 Å². The second kappa shape index (κ2) is 8.55. The summed E-state index contributed by atoms with van der Waals surface area (Å²) >= 11 is 1.53. The van der Waals surface area contributed by atoms with Crippen molar-refractivity contribution in [3.8, 4) is 6.07 Å². The molecule has 1 fully saturated rings. The molecule has 0 unspecified atom stereocenters. The Morgan fingerprint density at radius 2 is 2.27 bits per heavy atom. The Kier molecular flexibility index (Phi) is 5.68. The molecule has 0 bridgehead atoms. The first-order chi connectivity index (χ1) is 14.6. The predicted octanol–water partition coefficient (Wildman–Crippen LogP) is 2.28. The SMILES string of the molecule is Cc1conc1Cc1ccc2nccc(C(=O)NCC(=O)N3CSC[C@H]3C#N)c2c1. The normalized spacial score (nSPS) is 15.9. The molecule has 1 aliphatic heterocycles. The molecule has 1 atom stereocenters. The molecule has 3 heterocycles. The van der Waals surface area contributed by atoms with Gasteiger partial charge in [-0.25, -0.2) is 0 Å². The molecule has 152 valence electrons. The molecule has 8 nitrogen and oxygen atoms in total. The van der Waals surface area contributed by atoms with E-state index in [4.69, 9.17) is 9.78 Å². The topological polar surface area (TPSA) is 112 Å². The number of nitriles is 1. The average Bonchev–Trinajstić information content (AvgIpc) is 3.40. The quantitative estimate of drug-likeness (QED) is 0.672. The van der Waals surface area contributed by atoms with Crippen LogP contribution in [0, 0.1) is 18.3 Å². The van der Waals surface area contributed by atoms with Crippen molar-refractivity contribution >= 4 is 34.5 Å². The molecule has 1 aromatic carbocycles. The van der Waals surface area contributed by atoms with Crippen molar-refractivity contribution in [2.75, 3.05) is 18.2 Å². The van der Waals surface area contributed by atoms with E-state index in [1.807, 2.05) is 25.1 Å². The number of amides is 2. The lowest BCUT2D eigenvalue weighted by Crippen LogP contribution is -2.42. The molecule has 2 aromatic heterocycles. The van der Waals surface area contributed by atoms with E-state index in [1.54, 1.807) is 18.5 Å². The van der Waals surface area contributed by atoms with E-state index in [0.717, 1.165) is 16.8 Å². The molecule has 4 rings (SSSR count). The van der Waals surface area contributed by atoms with Crippen molar-refractivity contribution in [3.05, 3.63) is 59.1 Å². The number of aryl methyl sites for hydroxylation is 1. The summed E-state index contributed by atoms with van der Waals surface area (Å²) in [6.07, 6.45) is 3.75. The summed E-state index contributed by atoms with van der Waals surface area (Å²) in [5.41, 5.74) is 3.91. The third-order valence-corrected chi connectivity index (χ3v) is 6.03. The second-order valence-corrected chi connectivity index (χ2v) is 8.02. The van der Waals surface area contributed by atoms with Gasteiger partial charge in [0.2, 0.25) is 5.91 Å². The van der Waals surface area contributed by atoms with E-state index >= 15 is 0 Å². The number of carbonyl (C=O) groups is 2. The average molecular weight is 421 g/mol. The van der Waals surface area contributed by atoms with Crippen molar-refractivity contribution in [2.24, 2.45) is 0 Å². The molecule has 0 spiro atoms. The summed E-state index contributed by atoms with van der Waals surface area (Å²) in [5.74, 6) is 0.445. The van der Waals surface area contributed by atoms with E-state index in [2.05, 4.69) is 21.5 Å². The van der Waals surface area contributed by atoms with Gasteiger partial charge < -0.3 is 14.7 Å². The molecule has 1 saturated heterocycles. The molecule has 3 aromatic rings. The molecule has 1 aliphatic rings. The highest BCUT2D eigenvalue weighted by molar-refractivity contribution is 7.99. The maximum absolute atomic E-state index is 12.8. The predicted molar refractivity (Wildman–Crippen MR) is 112 cm³/mol. The molecule has 0 saturated carbocycles. The number of fused-ring (bicyclic) bond motifs is 1. The summed E-state index contributed by atoms with van der Waals surface area (Å²) in [7, 11) is 0. The Balaban J connectivity index is 1.52. The fourth-order valence-corrected chi connectivity index (χ4v) is 4.43. The van der Waals surface area contributed by atoms with Gasteiger partial charge in [-0.15, -0.1) is 11.8 Å². The number of hydrogen-bond donors (Lipinski definition) is 1. The van der Waals surface area contributed by atoms with Gasteiger partial charge >= 0.3 is 0 Å². The highest BCUT2D eigenvalue weighted by Gasteiger charge is 2.29. The highest BCUT2D eigenvalue weighted by atomic mass is 32.2. The van der Waals surface area contributed by atoms with Crippen molar-refractivity contribution < 1.29 is 14.1 Å². The largest absolute Gasteiger partial charge is 0.364 e. The van der Waals surface area contributed by atoms with Crippen LogP contribution >= 0.6 is 11.8 Å². The number of pyridine rings is 1. The van der Waals surface area contributed by atoms with Crippen molar-refractivity contribution in [3.63, 3.8) is 0 Å². The smallest absolute Gasteiger partial charge is 0.252 e. The van der Waals surface area contributed by atoms with E-state index in [0.29, 0.717) is 34.5 Å². The van der Waals surface area contributed by atoms with Crippen LogP contribution in [-0.4, -0.2) is 51.1 Å². The zero-order chi connectivity index (χ0) is 21.1. The van der Waals surface area contributed by atoms with Gasteiger partial charge in [0.05, 0.1) is 35.3 Å². The van der Waals surface area contributed by atoms with Gasteiger partial charge in [-0.1, -0.05) is 11.2 Å². The van der Waals surface area contributed by atoms with Gasteiger partial charge in [0.15, 0.2) is 0 Å². The first-order valence-corrected chi connectivity index (χ1v) is 10.5. The van der Waals surface area contributed by atoms with E-state index in [9.17, 15) is 9.59 Å². The van der Waals surface area contributed by atoms with Crippen LogP contribution in [0.3, 0.4) is 0 Å². The molecule has 30 heavy (non-hydrogen) atoms. The lowest BCUT2D eigenvalue weighted by Gasteiger charge is -2.18. The van der Waals surface area contributed by atoms with Gasteiger partial charge in [0, 0.05) is 29.3 Å². The first-order valence-electron chi connectivity index (χ1n) is 9.39. The van der Waals surface area contributed by atoms with Gasteiger partial charge in [0.25, 0.3) is 5.91 Å². The summed E-state index contributed by atoms with van der Waals surface area (Å²) in [6, 6.07) is 9.03. The Morgan fingerprint density at radius 1 is 1.40 bits per heavy atom. The van der Waals surface area contributed by atoms with Gasteiger partial charge in [-0.05, 0) is 30.7 Å². The Morgan fingerprint density at radius 3 is 3.03 bits per heavy atom. The Hall–Kier alpha value is -3.38. The number of nitrogens with zero attached hydrogens (tertiary/aromatic N) is 4. The number of carbonyl (C=O) groups excluding carboxylic acids is 2. The van der Waals surface area contributed by atoms with E-state index in [-0.39, 0.29) is 18.4 Å². The van der Waals surface area contributed by atoms with Crippen molar-refractivity contribution in [1.29, 1.82) is 5.26 Å². The van der Waals surface area contributed by atoms with Crippen LogP contribution in [-0.2, 0) is 11.2 Å². The lowest BCUT2D eigenvalue weighted by atomic mass is 10.0. The highest BCUT2D eigenvalue weighted by Crippen LogP contribution is 2.22. The zero-order valence-corrected chi connectivity index (χ0v) is 17.1. The number of nitrogens with one attached hydrogen (secondary N) is 1. The van der Waals surface area contributed by atoms with Crippen molar-refractivity contribution in [2.45, 2.75) is 19.4 Å². The first kappa shape index (κ1) is 19.9. The number of rotatable bonds is 5. The van der Waals surface area contributed by atoms with Gasteiger partial charge in [0.1, 0.15) is 12.3 Å².